The van der Waals surface area contributed by atoms with Crippen molar-refractivity contribution in [2.75, 3.05) is 0 Å². The lowest BCUT2D eigenvalue weighted by Crippen LogP contribution is -1.97. The molecule has 3 heteroatoms. The zero-order valence-corrected chi connectivity index (χ0v) is 7.19. The van der Waals surface area contributed by atoms with Crippen LogP contribution >= 0.6 is 0 Å². The minimum Gasteiger partial charge on any atom is -0.464 e. The predicted molar refractivity (Wildman–Crippen MR) is 52.3 cm³/mol. The first kappa shape index (κ1) is 7.38. The van der Waals surface area contributed by atoms with Crippen LogP contribution in [0.15, 0.2) is 50.4 Å². The van der Waals surface area contributed by atoms with Crippen molar-refractivity contribution in [3.8, 4) is 0 Å². The number of furan rings is 1. The minimum absolute atomic E-state index is 0.0770. The molecule has 0 spiro atoms. The largest absolute Gasteiger partial charge is 0.464 e. The number of benzene rings is 1. The van der Waals surface area contributed by atoms with Crippen LogP contribution in [0.1, 0.15) is 0 Å². The summed E-state index contributed by atoms with van der Waals surface area (Å²) in [6, 6.07) is 6.85. The number of hydrogen-bond acceptors (Lipinski definition) is 3. The van der Waals surface area contributed by atoms with Crippen LogP contribution in [0.2, 0.25) is 0 Å². The summed E-state index contributed by atoms with van der Waals surface area (Å²) in [5.41, 5.74) is 1.07. The Balaban J connectivity index is 2.74. The molecule has 0 radical (unpaired) electrons. The second kappa shape index (κ2) is 2.48. The third kappa shape index (κ3) is 0.836. The van der Waals surface area contributed by atoms with E-state index in [4.69, 9.17) is 8.83 Å². The van der Waals surface area contributed by atoms with Crippen molar-refractivity contribution in [1.82, 2.24) is 0 Å². The van der Waals surface area contributed by atoms with Gasteiger partial charge in [-0.15, -0.1) is 0 Å². The van der Waals surface area contributed by atoms with Gasteiger partial charge in [-0.3, -0.25) is 4.79 Å². The van der Waals surface area contributed by atoms with Gasteiger partial charge in [-0.2, -0.15) is 0 Å². The standard InChI is InChI=1S/C11H6O3/c12-8-4-6-13-9-2-1-7-3-5-14-11(7)10(8)9/h1-6H. The molecule has 0 aliphatic rings. The van der Waals surface area contributed by atoms with E-state index < -0.39 is 0 Å². The van der Waals surface area contributed by atoms with Crippen molar-refractivity contribution in [2.24, 2.45) is 0 Å². The third-order valence-corrected chi connectivity index (χ3v) is 2.24. The Kier molecular flexibility index (Phi) is 1.31. The first-order valence-corrected chi connectivity index (χ1v) is 4.24. The average Bonchev–Trinajstić information content (AvgIpc) is 2.65. The maximum atomic E-state index is 11.6. The molecular formula is C11H6O3. The zero-order chi connectivity index (χ0) is 9.54. The van der Waals surface area contributed by atoms with Gasteiger partial charge in [-0.25, -0.2) is 0 Å². The van der Waals surface area contributed by atoms with Gasteiger partial charge >= 0.3 is 0 Å². The highest BCUT2D eigenvalue weighted by Gasteiger charge is 2.07. The van der Waals surface area contributed by atoms with Crippen LogP contribution in [0.25, 0.3) is 21.9 Å². The van der Waals surface area contributed by atoms with Gasteiger partial charge in [0.2, 0.25) is 0 Å². The second-order valence-corrected chi connectivity index (χ2v) is 3.06. The van der Waals surface area contributed by atoms with Crippen LogP contribution in [0, 0.1) is 0 Å². The molecule has 68 valence electrons. The maximum Gasteiger partial charge on any atom is 0.196 e. The lowest BCUT2D eigenvalue weighted by molar-refractivity contribution is 0.597. The van der Waals surface area contributed by atoms with Gasteiger partial charge in [0.25, 0.3) is 0 Å². The van der Waals surface area contributed by atoms with Gasteiger partial charge < -0.3 is 8.83 Å². The maximum absolute atomic E-state index is 11.6. The van der Waals surface area contributed by atoms with E-state index >= 15 is 0 Å². The summed E-state index contributed by atoms with van der Waals surface area (Å²) < 4.78 is 10.5. The van der Waals surface area contributed by atoms with Crippen LogP contribution in [0.4, 0.5) is 0 Å². The topological polar surface area (TPSA) is 43.4 Å². The number of hydrogen-bond donors (Lipinski definition) is 0. The molecule has 0 bridgehead atoms. The number of rotatable bonds is 0. The van der Waals surface area contributed by atoms with E-state index in [1.165, 1.54) is 12.3 Å². The van der Waals surface area contributed by atoms with E-state index in [-0.39, 0.29) is 5.43 Å². The summed E-state index contributed by atoms with van der Waals surface area (Å²) in [6.45, 7) is 0. The molecule has 2 heterocycles. The first-order chi connectivity index (χ1) is 6.86. The normalized spacial score (nSPS) is 11.1. The second-order valence-electron chi connectivity index (χ2n) is 3.06. The molecule has 2 aromatic heterocycles. The quantitative estimate of drug-likeness (QED) is 0.541. The Bertz CT molecular complexity index is 661. The highest BCUT2D eigenvalue weighted by molar-refractivity contribution is 6.01. The minimum atomic E-state index is -0.0770. The van der Waals surface area contributed by atoms with Crippen LogP contribution < -0.4 is 5.43 Å². The lowest BCUT2D eigenvalue weighted by atomic mass is 10.2. The molecule has 3 nitrogen and oxygen atoms in total. The highest BCUT2D eigenvalue weighted by atomic mass is 16.3. The van der Waals surface area contributed by atoms with E-state index in [0.29, 0.717) is 16.6 Å². The van der Waals surface area contributed by atoms with E-state index in [9.17, 15) is 4.79 Å². The molecule has 0 aliphatic heterocycles. The van der Waals surface area contributed by atoms with Gasteiger partial charge in [-0.05, 0) is 18.2 Å². The van der Waals surface area contributed by atoms with E-state index in [2.05, 4.69) is 0 Å². The fourth-order valence-electron chi connectivity index (χ4n) is 1.60. The summed E-state index contributed by atoms with van der Waals surface area (Å²) in [4.78, 5) is 11.6. The Morgan fingerprint density at radius 1 is 0.929 bits per heavy atom. The predicted octanol–water partition coefficient (Wildman–Crippen LogP) is 2.54. The van der Waals surface area contributed by atoms with Crippen molar-refractivity contribution in [3.05, 3.63) is 47.0 Å². The molecule has 14 heavy (non-hydrogen) atoms. The average molecular weight is 186 g/mol. The zero-order valence-electron chi connectivity index (χ0n) is 7.19. The van der Waals surface area contributed by atoms with Crippen molar-refractivity contribution in [2.45, 2.75) is 0 Å². The molecule has 3 aromatic rings. The van der Waals surface area contributed by atoms with Crippen molar-refractivity contribution < 1.29 is 8.83 Å². The molecule has 0 saturated carbocycles. The monoisotopic (exact) mass is 186 g/mol. The Morgan fingerprint density at radius 2 is 1.79 bits per heavy atom. The molecule has 0 saturated heterocycles. The first-order valence-electron chi connectivity index (χ1n) is 4.24. The summed E-state index contributed by atoms with van der Waals surface area (Å²) in [7, 11) is 0. The molecule has 3 rings (SSSR count). The summed E-state index contributed by atoms with van der Waals surface area (Å²) in [6.07, 6.45) is 2.95. The van der Waals surface area contributed by atoms with E-state index in [0.717, 1.165) is 5.39 Å². The molecule has 1 aromatic carbocycles. The fourth-order valence-corrected chi connectivity index (χ4v) is 1.60. The molecule has 0 N–H and O–H groups in total. The molecular weight excluding hydrogens is 180 g/mol. The summed E-state index contributed by atoms with van der Waals surface area (Å²) >= 11 is 0. The Hall–Kier alpha value is -2.03. The summed E-state index contributed by atoms with van der Waals surface area (Å²) in [5, 5.41) is 1.42. The van der Waals surface area contributed by atoms with Gasteiger partial charge in [0.05, 0.1) is 12.5 Å². The van der Waals surface area contributed by atoms with Crippen molar-refractivity contribution >= 4 is 21.9 Å². The Morgan fingerprint density at radius 3 is 2.71 bits per heavy atom. The van der Waals surface area contributed by atoms with Crippen LogP contribution in [0.5, 0.6) is 0 Å². The fraction of sp³-hybridized carbons (Fsp3) is 0. The van der Waals surface area contributed by atoms with Crippen LogP contribution in [-0.4, -0.2) is 0 Å². The SMILES string of the molecule is O=c1ccoc2ccc3ccoc3c12. The lowest BCUT2D eigenvalue weighted by Gasteiger charge is -1.95. The van der Waals surface area contributed by atoms with Gasteiger partial charge in [0, 0.05) is 11.5 Å². The molecule has 0 amide bonds. The summed E-state index contributed by atoms with van der Waals surface area (Å²) in [5.74, 6) is 0. The van der Waals surface area contributed by atoms with Crippen LogP contribution in [0.3, 0.4) is 0 Å². The van der Waals surface area contributed by atoms with Gasteiger partial charge in [0.15, 0.2) is 5.43 Å². The van der Waals surface area contributed by atoms with Crippen LogP contribution in [-0.2, 0) is 0 Å². The highest BCUT2D eigenvalue weighted by Crippen LogP contribution is 2.22. The third-order valence-electron chi connectivity index (χ3n) is 2.24. The smallest absolute Gasteiger partial charge is 0.196 e. The molecule has 0 fully saturated rings. The van der Waals surface area contributed by atoms with Crippen molar-refractivity contribution in [3.63, 3.8) is 0 Å². The molecule has 0 aliphatic carbocycles. The molecule has 0 unspecified atom stereocenters. The van der Waals surface area contributed by atoms with E-state index in [1.807, 2.05) is 12.1 Å². The van der Waals surface area contributed by atoms with Gasteiger partial charge in [-0.1, -0.05) is 0 Å². The van der Waals surface area contributed by atoms with Gasteiger partial charge in [0.1, 0.15) is 16.6 Å². The van der Waals surface area contributed by atoms with Crippen molar-refractivity contribution in [1.29, 1.82) is 0 Å². The number of fused-ring (bicyclic) bond motifs is 3. The molecule has 0 atom stereocenters. The Labute approximate surface area is 78.6 Å². The van der Waals surface area contributed by atoms with E-state index in [1.54, 1.807) is 12.3 Å².